The number of hydrogen-bond donors (Lipinski definition) is 0. The maximum atomic E-state index is 12.5. The van der Waals surface area contributed by atoms with Crippen LogP contribution >= 0.6 is 0 Å². The van der Waals surface area contributed by atoms with Crippen molar-refractivity contribution in [2.75, 3.05) is 13.2 Å². The molecule has 0 radical (unpaired) electrons. The van der Waals surface area contributed by atoms with E-state index >= 15 is 0 Å². The van der Waals surface area contributed by atoms with Crippen LogP contribution in [-0.4, -0.2) is 30.5 Å². The van der Waals surface area contributed by atoms with Crippen LogP contribution in [0.4, 0.5) is 8.78 Å². The molecule has 0 atom stereocenters. The van der Waals surface area contributed by atoms with Gasteiger partial charge in [-0.25, -0.2) is 13.8 Å². The molecular weight excluding hydrogens is 192 g/mol. The number of alkyl halides is 2. The third kappa shape index (κ3) is 2.20. The molecule has 5 heteroatoms. The molecule has 0 saturated carbocycles. The van der Waals surface area contributed by atoms with E-state index in [9.17, 15) is 13.6 Å². The number of carbonyl (C=O) groups excluding carboxylic acids is 1. The molecule has 0 unspecified atom stereocenters. The van der Waals surface area contributed by atoms with Gasteiger partial charge in [-0.3, -0.25) is 9.63 Å². The molecule has 0 bridgehead atoms. The Labute approximate surface area is 82.0 Å². The highest BCUT2D eigenvalue weighted by Gasteiger charge is 2.41. The molecule has 1 amide bonds. The number of hydroxylamine groups is 2. The van der Waals surface area contributed by atoms with Crippen molar-refractivity contribution in [2.45, 2.75) is 33.1 Å². The first kappa shape index (κ1) is 11.4. The molecule has 1 fully saturated rings. The van der Waals surface area contributed by atoms with Crippen molar-refractivity contribution in [2.24, 2.45) is 5.41 Å². The number of rotatable bonds is 2. The third-order valence-corrected chi connectivity index (χ3v) is 2.33. The van der Waals surface area contributed by atoms with Gasteiger partial charge < -0.3 is 0 Å². The molecule has 0 aromatic heterocycles. The predicted molar refractivity (Wildman–Crippen MR) is 46.7 cm³/mol. The first-order chi connectivity index (χ1) is 6.46. The summed E-state index contributed by atoms with van der Waals surface area (Å²) in [4.78, 5) is 16.6. The molecule has 1 heterocycles. The van der Waals surface area contributed by atoms with Gasteiger partial charge in [0.2, 0.25) is 0 Å². The quantitative estimate of drug-likeness (QED) is 0.691. The van der Waals surface area contributed by atoms with Gasteiger partial charge in [-0.1, -0.05) is 0 Å². The molecule has 1 rings (SSSR count). The molecule has 0 aliphatic carbocycles. The summed E-state index contributed by atoms with van der Waals surface area (Å²) in [5, 5.41) is 1.07. The monoisotopic (exact) mass is 207 g/mol. The van der Waals surface area contributed by atoms with Crippen molar-refractivity contribution in [3.8, 4) is 0 Å². The molecule has 1 aliphatic heterocycles. The van der Waals surface area contributed by atoms with E-state index in [4.69, 9.17) is 4.84 Å². The highest BCUT2D eigenvalue weighted by atomic mass is 19.3. The molecule has 0 aromatic carbocycles. The minimum atomic E-state index is -2.67. The summed E-state index contributed by atoms with van der Waals surface area (Å²) < 4.78 is 25.0. The zero-order chi connectivity index (χ0) is 10.8. The Balaban J connectivity index is 2.63. The van der Waals surface area contributed by atoms with E-state index in [1.54, 1.807) is 0 Å². The lowest BCUT2D eigenvalue weighted by Gasteiger charge is -2.32. The fraction of sp³-hybridized carbons (Fsp3) is 0.889. The van der Waals surface area contributed by atoms with Gasteiger partial charge in [-0.05, 0) is 26.7 Å². The van der Waals surface area contributed by atoms with Crippen molar-refractivity contribution in [3.05, 3.63) is 0 Å². The largest absolute Gasteiger partial charge is 0.272 e. The van der Waals surface area contributed by atoms with E-state index in [1.165, 1.54) is 13.8 Å². The van der Waals surface area contributed by atoms with Crippen LogP contribution in [0.25, 0.3) is 0 Å². The first-order valence-corrected chi connectivity index (χ1v) is 4.69. The maximum Gasteiger partial charge on any atom is 0.257 e. The van der Waals surface area contributed by atoms with E-state index in [0.717, 1.165) is 17.9 Å². The Morgan fingerprint density at radius 3 is 2.50 bits per heavy atom. The second-order valence-electron chi connectivity index (χ2n) is 3.97. The number of halogens is 2. The Bertz CT molecular complexity index is 213. The lowest BCUT2D eigenvalue weighted by molar-refractivity contribution is -0.211. The average molecular weight is 207 g/mol. The standard InChI is InChI=1S/C9H15F2NO2/c1-9(2,7(10)11)8(13)12-5-3-4-6-14-12/h7H,3-6H2,1-2H3. The van der Waals surface area contributed by atoms with Crippen molar-refractivity contribution >= 4 is 5.91 Å². The van der Waals surface area contributed by atoms with E-state index in [0.29, 0.717) is 13.2 Å². The van der Waals surface area contributed by atoms with Gasteiger partial charge in [-0.2, -0.15) is 0 Å². The van der Waals surface area contributed by atoms with Crippen LogP contribution in [0.1, 0.15) is 26.7 Å². The van der Waals surface area contributed by atoms with Crippen LogP contribution in [0, 0.1) is 5.41 Å². The summed E-state index contributed by atoms with van der Waals surface area (Å²) in [6.45, 7) is 3.32. The van der Waals surface area contributed by atoms with Gasteiger partial charge >= 0.3 is 0 Å². The van der Waals surface area contributed by atoms with Crippen molar-refractivity contribution < 1.29 is 18.4 Å². The van der Waals surface area contributed by atoms with Gasteiger partial charge in [0.15, 0.2) is 0 Å². The Morgan fingerprint density at radius 1 is 1.43 bits per heavy atom. The van der Waals surface area contributed by atoms with Crippen LogP contribution in [0.5, 0.6) is 0 Å². The second-order valence-corrected chi connectivity index (χ2v) is 3.97. The molecule has 1 saturated heterocycles. The zero-order valence-electron chi connectivity index (χ0n) is 8.43. The first-order valence-electron chi connectivity index (χ1n) is 4.69. The van der Waals surface area contributed by atoms with Gasteiger partial charge in [-0.15, -0.1) is 0 Å². The molecule has 0 spiro atoms. The molecule has 1 aliphatic rings. The topological polar surface area (TPSA) is 29.5 Å². The smallest absolute Gasteiger partial charge is 0.257 e. The fourth-order valence-corrected chi connectivity index (χ4v) is 1.17. The van der Waals surface area contributed by atoms with Crippen LogP contribution in [0.2, 0.25) is 0 Å². The van der Waals surface area contributed by atoms with Gasteiger partial charge in [0.25, 0.3) is 12.3 Å². The van der Waals surface area contributed by atoms with Gasteiger partial charge in [0.1, 0.15) is 5.41 Å². The Morgan fingerprint density at radius 2 is 2.07 bits per heavy atom. The summed E-state index contributed by atoms with van der Waals surface area (Å²) in [5.41, 5.74) is -1.66. The summed E-state index contributed by atoms with van der Waals surface area (Å²) >= 11 is 0. The minimum Gasteiger partial charge on any atom is -0.272 e. The van der Waals surface area contributed by atoms with E-state index < -0.39 is 17.7 Å². The van der Waals surface area contributed by atoms with Crippen molar-refractivity contribution in [1.29, 1.82) is 0 Å². The van der Waals surface area contributed by atoms with E-state index in [-0.39, 0.29) is 0 Å². The molecule has 0 N–H and O–H groups in total. The Kier molecular flexibility index (Phi) is 3.42. The number of carbonyl (C=O) groups is 1. The van der Waals surface area contributed by atoms with Crippen LogP contribution < -0.4 is 0 Å². The lowest BCUT2D eigenvalue weighted by Crippen LogP contribution is -2.46. The number of amides is 1. The average Bonchev–Trinajstić information content (AvgIpc) is 2.17. The molecule has 0 aromatic rings. The highest BCUT2D eigenvalue weighted by Crippen LogP contribution is 2.28. The van der Waals surface area contributed by atoms with Gasteiger partial charge in [0, 0.05) is 6.54 Å². The lowest BCUT2D eigenvalue weighted by atomic mass is 9.93. The highest BCUT2D eigenvalue weighted by molar-refractivity contribution is 5.81. The third-order valence-electron chi connectivity index (χ3n) is 2.33. The zero-order valence-corrected chi connectivity index (χ0v) is 8.43. The van der Waals surface area contributed by atoms with Gasteiger partial charge in [0.05, 0.1) is 6.61 Å². The molecule has 14 heavy (non-hydrogen) atoms. The maximum absolute atomic E-state index is 12.5. The minimum absolute atomic E-state index is 0.412. The van der Waals surface area contributed by atoms with Crippen LogP contribution in [0.3, 0.4) is 0 Å². The summed E-state index contributed by atoms with van der Waals surface area (Å²) in [6.07, 6.45) is -0.982. The second kappa shape index (κ2) is 4.21. The molecule has 3 nitrogen and oxygen atoms in total. The van der Waals surface area contributed by atoms with Crippen LogP contribution in [-0.2, 0) is 9.63 Å². The summed E-state index contributed by atoms with van der Waals surface area (Å²) in [6, 6.07) is 0. The predicted octanol–water partition coefficient (Wildman–Crippen LogP) is 1.83. The van der Waals surface area contributed by atoms with E-state index in [2.05, 4.69) is 0 Å². The molecular formula is C9H15F2NO2. The van der Waals surface area contributed by atoms with Crippen molar-refractivity contribution in [3.63, 3.8) is 0 Å². The SMILES string of the molecule is CC(C)(C(=O)N1CCCCO1)C(F)F. The number of nitrogens with zero attached hydrogens (tertiary/aromatic N) is 1. The summed E-state index contributed by atoms with van der Waals surface area (Å²) in [5.74, 6) is -0.632. The van der Waals surface area contributed by atoms with Crippen LogP contribution in [0.15, 0.2) is 0 Å². The van der Waals surface area contributed by atoms with E-state index in [1.807, 2.05) is 0 Å². The summed E-state index contributed by atoms with van der Waals surface area (Å²) in [7, 11) is 0. The Hall–Kier alpha value is -0.710. The van der Waals surface area contributed by atoms with Crippen molar-refractivity contribution in [1.82, 2.24) is 5.06 Å². The number of hydrogen-bond acceptors (Lipinski definition) is 2. The normalized spacial score (nSPS) is 18.8. The fourth-order valence-electron chi connectivity index (χ4n) is 1.17. The molecule has 82 valence electrons.